The lowest BCUT2D eigenvalue weighted by Crippen LogP contribution is -2.25. The maximum Gasteiger partial charge on any atom is 0.278 e. The second-order valence-electron chi connectivity index (χ2n) is 8.27. The van der Waals surface area contributed by atoms with E-state index in [1.807, 2.05) is 5.38 Å². The molecule has 0 atom stereocenters. The Bertz CT molecular complexity index is 1610. The highest BCUT2D eigenvalue weighted by Gasteiger charge is 2.19. The molecule has 1 amide bonds. The summed E-state index contributed by atoms with van der Waals surface area (Å²) in [5, 5.41) is 10.4. The lowest BCUT2D eigenvalue weighted by molar-refractivity contribution is 0.102. The number of amides is 1. The zero-order valence-electron chi connectivity index (χ0n) is 19.3. The molecule has 5 aromatic rings. The molecule has 0 radical (unpaired) electrons. The van der Waals surface area contributed by atoms with Gasteiger partial charge in [-0.25, -0.2) is 9.67 Å². The Labute approximate surface area is 200 Å². The summed E-state index contributed by atoms with van der Waals surface area (Å²) < 4.78 is 3.39. The van der Waals surface area contributed by atoms with Crippen molar-refractivity contribution in [2.45, 2.75) is 20.8 Å². The molecule has 5 rings (SSSR count). The van der Waals surface area contributed by atoms with Gasteiger partial charge in [0.2, 0.25) is 0 Å². The van der Waals surface area contributed by atoms with Gasteiger partial charge in [-0.1, -0.05) is 35.9 Å². The first-order chi connectivity index (χ1) is 16.3. The fourth-order valence-corrected chi connectivity index (χ4v) is 4.90. The molecule has 170 valence electrons. The molecular formula is C26H23N5O2S. The van der Waals surface area contributed by atoms with E-state index in [4.69, 9.17) is 0 Å². The van der Waals surface area contributed by atoms with Gasteiger partial charge >= 0.3 is 0 Å². The number of aryl methyl sites for hydroxylation is 3. The van der Waals surface area contributed by atoms with Crippen LogP contribution in [0, 0.1) is 20.8 Å². The van der Waals surface area contributed by atoms with Gasteiger partial charge in [-0.05, 0) is 45.0 Å². The molecule has 2 aromatic carbocycles. The van der Waals surface area contributed by atoms with Crippen LogP contribution in [-0.2, 0) is 7.05 Å². The van der Waals surface area contributed by atoms with Gasteiger partial charge in [0.15, 0.2) is 10.8 Å². The van der Waals surface area contributed by atoms with E-state index in [-0.39, 0.29) is 11.3 Å². The van der Waals surface area contributed by atoms with E-state index in [0.29, 0.717) is 15.9 Å². The smallest absolute Gasteiger partial charge is 0.278 e. The highest BCUT2D eigenvalue weighted by atomic mass is 32.1. The molecule has 1 N–H and O–H groups in total. The molecule has 3 aromatic heterocycles. The third-order valence-electron chi connectivity index (χ3n) is 5.90. The monoisotopic (exact) mass is 469 g/mol. The summed E-state index contributed by atoms with van der Waals surface area (Å²) in [6.45, 7) is 6.21. The highest BCUT2D eigenvalue weighted by molar-refractivity contribution is 7.14. The van der Waals surface area contributed by atoms with E-state index in [1.54, 1.807) is 24.3 Å². The van der Waals surface area contributed by atoms with Crippen LogP contribution in [0.25, 0.3) is 27.7 Å². The van der Waals surface area contributed by atoms with Gasteiger partial charge in [0.25, 0.3) is 11.5 Å². The van der Waals surface area contributed by atoms with Crippen LogP contribution in [0.15, 0.2) is 64.8 Å². The van der Waals surface area contributed by atoms with E-state index in [0.717, 1.165) is 28.3 Å². The number of rotatable bonds is 4. The topological polar surface area (TPSA) is 81.8 Å². The molecule has 0 bridgehead atoms. The van der Waals surface area contributed by atoms with Crippen molar-refractivity contribution in [3.8, 4) is 16.9 Å². The second kappa shape index (κ2) is 8.39. The molecule has 7 nitrogen and oxygen atoms in total. The first kappa shape index (κ1) is 21.8. The van der Waals surface area contributed by atoms with Gasteiger partial charge in [-0.3, -0.25) is 14.9 Å². The number of anilines is 1. The van der Waals surface area contributed by atoms with Crippen molar-refractivity contribution in [2.24, 2.45) is 7.05 Å². The highest BCUT2D eigenvalue weighted by Crippen LogP contribution is 2.32. The molecule has 34 heavy (non-hydrogen) atoms. The first-order valence-corrected chi connectivity index (χ1v) is 11.7. The van der Waals surface area contributed by atoms with Crippen LogP contribution in [0.4, 0.5) is 5.13 Å². The molecule has 0 unspecified atom stereocenters. The van der Waals surface area contributed by atoms with Gasteiger partial charge in [0, 0.05) is 40.5 Å². The zero-order valence-corrected chi connectivity index (χ0v) is 20.1. The zero-order chi connectivity index (χ0) is 24.0. The van der Waals surface area contributed by atoms with Gasteiger partial charge in [-0.15, -0.1) is 11.3 Å². The number of nitrogens with zero attached hydrogens (tertiary/aromatic N) is 4. The average molecular weight is 470 g/mol. The normalized spacial score (nSPS) is 11.2. The Hall–Kier alpha value is -4.04. The number of fused-ring (bicyclic) bond motifs is 1. The van der Waals surface area contributed by atoms with Crippen LogP contribution in [0.1, 0.15) is 27.4 Å². The molecule has 8 heteroatoms. The summed E-state index contributed by atoms with van der Waals surface area (Å²) in [6, 6.07) is 17.5. The molecule has 0 saturated heterocycles. The minimum Gasteiger partial charge on any atom is -0.318 e. The maximum atomic E-state index is 13.0. The Kier molecular flexibility index (Phi) is 5.37. The van der Waals surface area contributed by atoms with Gasteiger partial charge in [0.05, 0.1) is 11.1 Å². The van der Waals surface area contributed by atoms with Crippen LogP contribution < -0.4 is 10.9 Å². The minimum absolute atomic E-state index is 0.187. The summed E-state index contributed by atoms with van der Waals surface area (Å²) in [5.41, 5.74) is 6.26. The van der Waals surface area contributed by atoms with Crippen molar-refractivity contribution in [2.75, 3.05) is 5.32 Å². The summed E-state index contributed by atoms with van der Waals surface area (Å²) in [7, 11) is 1.54. The maximum absolute atomic E-state index is 13.0. The number of thiazole rings is 1. The third kappa shape index (κ3) is 3.72. The van der Waals surface area contributed by atoms with Crippen molar-refractivity contribution in [1.29, 1.82) is 0 Å². The number of nitrogens with one attached hydrogen (secondary N) is 1. The lowest BCUT2D eigenvalue weighted by atomic mass is 10.1. The van der Waals surface area contributed by atoms with Gasteiger partial charge < -0.3 is 4.57 Å². The first-order valence-electron chi connectivity index (χ1n) is 10.8. The lowest BCUT2D eigenvalue weighted by Gasteiger charge is -2.10. The average Bonchev–Trinajstić information content (AvgIpc) is 3.40. The predicted molar refractivity (Wildman–Crippen MR) is 136 cm³/mol. The standard InChI is InChI=1S/C26H23N5O2S/c1-15-9-11-18(12-10-15)31-16(2)13-21(17(31)3)22-14-34-26(27-22)28-24(32)23-19-7-5-6-8-20(19)25(33)30(4)29-23/h5-14H,1-4H3,(H,27,28,32). The van der Waals surface area contributed by atoms with E-state index in [2.05, 4.69) is 71.1 Å². The summed E-state index contributed by atoms with van der Waals surface area (Å²) in [6.07, 6.45) is 0. The van der Waals surface area contributed by atoms with Gasteiger partial charge in [0.1, 0.15) is 0 Å². The third-order valence-corrected chi connectivity index (χ3v) is 6.65. The molecule has 0 aliphatic heterocycles. The summed E-state index contributed by atoms with van der Waals surface area (Å²) in [5.74, 6) is -0.405. The Morgan fingerprint density at radius 3 is 2.44 bits per heavy atom. The van der Waals surface area contributed by atoms with Crippen LogP contribution in [-0.4, -0.2) is 25.2 Å². The molecular weight excluding hydrogens is 446 g/mol. The van der Waals surface area contributed by atoms with Crippen molar-refractivity contribution in [1.82, 2.24) is 19.3 Å². The second-order valence-corrected chi connectivity index (χ2v) is 9.13. The van der Waals surface area contributed by atoms with Crippen LogP contribution in [0.2, 0.25) is 0 Å². The molecule has 0 fully saturated rings. The molecule has 3 heterocycles. The largest absolute Gasteiger partial charge is 0.318 e. The van der Waals surface area contributed by atoms with Crippen molar-refractivity contribution in [3.05, 3.63) is 93.0 Å². The Balaban J connectivity index is 1.46. The van der Waals surface area contributed by atoms with E-state index in [9.17, 15) is 9.59 Å². The van der Waals surface area contributed by atoms with Crippen LogP contribution >= 0.6 is 11.3 Å². The number of aromatic nitrogens is 4. The van der Waals surface area contributed by atoms with E-state index >= 15 is 0 Å². The molecule has 0 aliphatic carbocycles. The molecule has 0 saturated carbocycles. The number of hydrogen-bond donors (Lipinski definition) is 1. The fourth-order valence-electron chi connectivity index (χ4n) is 4.19. The molecule has 0 spiro atoms. The van der Waals surface area contributed by atoms with Crippen LogP contribution in [0.5, 0.6) is 0 Å². The summed E-state index contributed by atoms with van der Waals surface area (Å²) in [4.78, 5) is 30.1. The predicted octanol–water partition coefficient (Wildman–Crippen LogP) is 5.03. The van der Waals surface area contributed by atoms with Crippen LogP contribution in [0.3, 0.4) is 0 Å². The SMILES string of the molecule is Cc1ccc(-n2c(C)cc(-c3csc(NC(=O)c4nn(C)c(=O)c5ccccc45)n3)c2C)cc1. The van der Waals surface area contributed by atoms with E-state index in [1.165, 1.54) is 28.6 Å². The Morgan fingerprint density at radius 1 is 1.00 bits per heavy atom. The number of hydrogen-bond acceptors (Lipinski definition) is 5. The van der Waals surface area contributed by atoms with Gasteiger partial charge in [-0.2, -0.15) is 5.10 Å². The van der Waals surface area contributed by atoms with Crippen molar-refractivity contribution in [3.63, 3.8) is 0 Å². The summed E-state index contributed by atoms with van der Waals surface area (Å²) >= 11 is 1.35. The number of carbonyl (C=O) groups excluding carboxylic acids is 1. The van der Waals surface area contributed by atoms with Crippen molar-refractivity contribution < 1.29 is 4.79 Å². The van der Waals surface area contributed by atoms with E-state index < -0.39 is 5.91 Å². The van der Waals surface area contributed by atoms with Crippen molar-refractivity contribution >= 4 is 33.1 Å². The number of benzene rings is 2. The quantitative estimate of drug-likeness (QED) is 0.400. The minimum atomic E-state index is -0.405. The Morgan fingerprint density at radius 2 is 1.71 bits per heavy atom. The molecule has 0 aliphatic rings. The number of carbonyl (C=O) groups is 1. The fraction of sp³-hybridized carbons (Fsp3) is 0.154.